The van der Waals surface area contributed by atoms with Crippen LogP contribution in [0.1, 0.15) is 5.56 Å². The van der Waals surface area contributed by atoms with Crippen molar-refractivity contribution in [2.24, 2.45) is 0 Å². The Morgan fingerprint density at radius 2 is 2.20 bits per heavy atom. The van der Waals surface area contributed by atoms with Gasteiger partial charge in [-0.1, -0.05) is 11.6 Å². The molecule has 10 heavy (non-hydrogen) atoms. The summed E-state index contributed by atoms with van der Waals surface area (Å²) in [5, 5.41) is 0.332. The number of halogens is 2. The van der Waals surface area contributed by atoms with Gasteiger partial charge >= 0.3 is 0 Å². The van der Waals surface area contributed by atoms with Crippen molar-refractivity contribution in [1.82, 2.24) is 4.98 Å². The van der Waals surface area contributed by atoms with Gasteiger partial charge in [0.2, 0.25) is 0 Å². The zero-order chi connectivity index (χ0) is 7.56. The first kappa shape index (κ1) is 7.63. The minimum atomic E-state index is -0.220. The summed E-state index contributed by atoms with van der Waals surface area (Å²) in [6, 6.07) is 3.20. The molecule has 0 bridgehead atoms. The maximum absolute atomic E-state index is 10.8. The summed E-state index contributed by atoms with van der Waals surface area (Å²) in [6.45, 7) is 0. The second kappa shape index (κ2) is 3.08. The molecule has 1 heterocycles. The summed E-state index contributed by atoms with van der Waals surface area (Å²) < 4.78 is 0. The van der Waals surface area contributed by atoms with Crippen molar-refractivity contribution in [3.63, 3.8) is 0 Å². The Bertz CT molecular complexity index is 281. The van der Waals surface area contributed by atoms with Crippen LogP contribution in [0.3, 0.4) is 0 Å². The molecule has 0 amide bonds. The van der Waals surface area contributed by atoms with Crippen molar-refractivity contribution < 1.29 is 0 Å². The second-order valence-electron chi connectivity index (χ2n) is 1.79. The van der Waals surface area contributed by atoms with E-state index in [2.05, 4.69) is 4.98 Å². The summed E-state index contributed by atoms with van der Waals surface area (Å²) >= 11 is 10.9. The molecule has 0 saturated carbocycles. The van der Waals surface area contributed by atoms with E-state index in [-0.39, 0.29) is 11.4 Å². The Hall–Kier alpha value is -0.470. The number of aromatic amines is 1. The topological polar surface area (TPSA) is 32.9 Å². The van der Waals surface area contributed by atoms with Crippen LogP contribution in [-0.2, 0) is 5.88 Å². The van der Waals surface area contributed by atoms with E-state index in [1.807, 2.05) is 0 Å². The first-order chi connectivity index (χ1) is 4.74. The lowest BCUT2D eigenvalue weighted by atomic mass is 10.3. The van der Waals surface area contributed by atoms with E-state index in [0.29, 0.717) is 10.7 Å². The lowest BCUT2D eigenvalue weighted by Crippen LogP contribution is -2.09. The van der Waals surface area contributed by atoms with Gasteiger partial charge in [0, 0.05) is 5.56 Å². The van der Waals surface area contributed by atoms with Crippen LogP contribution in [0.4, 0.5) is 0 Å². The molecular formula is C6H5Cl2NO. The van der Waals surface area contributed by atoms with E-state index >= 15 is 0 Å². The smallest absolute Gasteiger partial charge is 0.253 e. The Kier molecular flexibility index (Phi) is 2.35. The van der Waals surface area contributed by atoms with Crippen molar-refractivity contribution in [2.75, 3.05) is 0 Å². The van der Waals surface area contributed by atoms with Gasteiger partial charge in [-0.3, -0.25) is 4.79 Å². The number of pyridine rings is 1. The Balaban J connectivity index is 3.20. The maximum Gasteiger partial charge on any atom is 0.253 e. The molecule has 2 nitrogen and oxygen atoms in total. The van der Waals surface area contributed by atoms with Gasteiger partial charge in [0.05, 0.1) is 5.88 Å². The molecule has 1 rings (SSSR count). The summed E-state index contributed by atoms with van der Waals surface area (Å²) in [4.78, 5) is 13.3. The molecule has 1 N–H and O–H groups in total. The van der Waals surface area contributed by atoms with E-state index in [9.17, 15) is 4.79 Å². The molecule has 0 aliphatic heterocycles. The Morgan fingerprint density at radius 3 is 2.70 bits per heavy atom. The van der Waals surface area contributed by atoms with Crippen LogP contribution in [-0.4, -0.2) is 4.98 Å². The highest BCUT2D eigenvalue weighted by atomic mass is 35.5. The predicted octanol–water partition coefficient (Wildman–Crippen LogP) is 1.77. The molecule has 0 radical (unpaired) electrons. The molecular weight excluding hydrogens is 173 g/mol. The van der Waals surface area contributed by atoms with E-state index in [1.54, 1.807) is 12.1 Å². The minimum Gasteiger partial charge on any atom is -0.313 e. The fourth-order valence-electron chi connectivity index (χ4n) is 0.585. The quantitative estimate of drug-likeness (QED) is 0.515. The van der Waals surface area contributed by atoms with Gasteiger partial charge < -0.3 is 4.98 Å². The van der Waals surface area contributed by atoms with Crippen LogP contribution in [0, 0.1) is 0 Å². The largest absolute Gasteiger partial charge is 0.313 e. The van der Waals surface area contributed by atoms with Crippen LogP contribution >= 0.6 is 23.2 Å². The summed E-state index contributed by atoms with van der Waals surface area (Å²) in [5.74, 6) is 0.215. The molecule has 0 aromatic carbocycles. The first-order valence-corrected chi connectivity index (χ1v) is 3.59. The van der Waals surface area contributed by atoms with Gasteiger partial charge in [-0.25, -0.2) is 0 Å². The van der Waals surface area contributed by atoms with Gasteiger partial charge in [-0.15, -0.1) is 11.6 Å². The van der Waals surface area contributed by atoms with Crippen molar-refractivity contribution in [3.05, 3.63) is 33.2 Å². The number of rotatable bonds is 1. The molecule has 0 spiro atoms. The van der Waals surface area contributed by atoms with Gasteiger partial charge in [0.25, 0.3) is 5.56 Å². The predicted molar refractivity (Wildman–Crippen MR) is 41.6 cm³/mol. The van der Waals surface area contributed by atoms with Gasteiger partial charge in [-0.2, -0.15) is 0 Å². The van der Waals surface area contributed by atoms with Crippen molar-refractivity contribution in [3.8, 4) is 0 Å². The number of alkyl halides is 1. The SMILES string of the molecule is O=c1[nH]c(Cl)ccc1CCl. The van der Waals surface area contributed by atoms with E-state index in [4.69, 9.17) is 23.2 Å². The Labute approximate surface area is 67.8 Å². The normalized spacial score (nSPS) is 9.80. The van der Waals surface area contributed by atoms with Crippen molar-refractivity contribution in [2.45, 2.75) is 5.88 Å². The third-order valence-electron chi connectivity index (χ3n) is 1.10. The van der Waals surface area contributed by atoms with Gasteiger partial charge in [-0.05, 0) is 12.1 Å². The third kappa shape index (κ3) is 1.52. The lowest BCUT2D eigenvalue weighted by molar-refractivity contribution is 1.16. The first-order valence-electron chi connectivity index (χ1n) is 2.67. The van der Waals surface area contributed by atoms with Crippen LogP contribution in [0.25, 0.3) is 0 Å². The number of aromatic nitrogens is 1. The molecule has 0 saturated heterocycles. The highest BCUT2D eigenvalue weighted by Gasteiger charge is 1.95. The zero-order valence-electron chi connectivity index (χ0n) is 5.03. The number of hydrogen-bond acceptors (Lipinski definition) is 1. The van der Waals surface area contributed by atoms with E-state index in [1.165, 1.54) is 0 Å². The molecule has 4 heteroatoms. The minimum absolute atomic E-state index is 0.215. The zero-order valence-corrected chi connectivity index (χ0v) is 6.54. The number of hydrogen-bond donors (Lipinski definition) is 1. The highest BCUT2D eigenvalue weighted by Crippen LogP contribution is 2.02. The number of H-pyrrole nitrogens is 1. The van der Waals surface area contributed by atoms with Crippen molar-refractivity contribution >= 4 is 23.2 Å². The monoisotopic (exact) mass is 177 g/mol. The van der Waals surface area contributed by atoms with Crippen LogP contribution < -0.4 is 5.56 Å². The maximum atomic E-state index is 10.8. The summed E-state index contributed by atoms with van der Waals surface area (Å²) in [5.41, 5.74) is 0.313. The Morgan fingerprint density at radius 1 is 1.50 bits per heavy atom. The van der Waals surface area contributed by atoms with Gasteiger partial charge in [0.15, 0.2) is 0 Å². The summed E-state index contributed by atoms with van der Waals surface area (Å²) in [6.07, 6.45) is 0. The fourth-order valence-corrected chi connectivity index (χ4v) is 0.944. The standard InChI is InChI=1S/C6H5Cl2NO/c7-3-4-1-2-5(8)9-6(4)10/h1-2H,3H2,(H,9,10). The molecule has 0 atom stereocenters. The lowest BCUT2D eigenvalue weighted by Gasteiger charge is -1.92. The third-order valence-corrected chi connectivity index (χ3v) is 1.61. The van der Waals surface area contributed by atoms with Crippen LogP contribution in [0.5, 0.6) is 0 Å². The molecule has 0 fully saturated rings. The highest BCUT2D eigenvalue weighted by molar-refractivity contribution is 6.29. The molecule has 1 aromatic rings. The fraction of sp³-hybridized carbons (Fsp3) is 0.167. The van der Waals surface area contributed by atoms with Crippen LogP contribution in [0.2, 0.25) is 5.15 Å². The molecule has 0 aliphatic carbocycles. The molecule has 1 aromatic heterocycles. The molecule has 0 unspecified atom stereocenters. The summed E-state index contributed by atoms with van der Waals surface area (Å²) in [7, 11) is 0. The van der Waals surface area contributed by atoms with Crippen LogP contribution in [0.15, 0.2) is 16.9 Å². The average molecular weight is 178 g/mol. The average Bonchev–Trinajstić information content (AvgIpc) is 1.88. The number of nitrogens with one attached hydrogen (secondary N) is 1. The van der Waals surface area contributed by atoms with Gasteiger partial charge in [0.1, 0.15) is 5.15 Å². The second-order valence-corrected chi connectivity index (χ2v) is 2.47. The molecule has 54 valence electrons. The van der Waals surface area contributed by atoms with Crippen molar-refractivity contribution in [1.29, 1.82) is 0 Å². The van der Waals surface area contributed by atoms with E-state index < -0.39 is 0 Å². The molecule has 0 aliphatic rings. The van der Waals surface area contributed by atoms with E-state index in [0.717, 1.165) is 0 Å².